The van der Waals surface area contributed by atoms with Gasteiger partial charge in [0.2, 0.25) is 0 Å². The van der Waals surface area contributed by atoms with Gasteiger partial charge in [0, 0.05) is 12.0 Å². The molecule has 1 aliphatic rings. The average Bonchev–Trinajstić information content (AvgIpc) is 3.34. The molecule has 0 aliphatic carbocycles. The van der Waals surface area contributed by atoms with Crippen molar-refractivity contribution in [1.82, 2.24) is 0 Å². The summed E-state index contributed by atoms with van der Waals surface area (Å²) < 4.78 is 57.0. The van der Waals surface area contributed by atoms with Crippen LogP contribution in [-0.4, -0.2) is 28.1 Å². The Morgan fingerprint density at radius 1 is 0.929 bits per heavy atom. The van der Waals surface area contributed by atoms with Crippen LogP contribution in [-0.2, 0) is 13.0 Å². The van der Waals surface area contributed by atoms with E-state index in [0.29, 0.717) is 34.4 Å². The highest BCUT2D eigenvalue weighted by Crippen LogP contribution is 2.42. The number of rotatable bonds is 8. The van der Waals surface area contributed by atoms with E-state index in [2.05, 4.69) is 11.7 Å². The smallest absolute Gasteiger partial charge is 0.431 e. The van der Waals surface area contributed by atoms with Gasteiger partial charge < -0.3 is 10.2 Å². The van der Waals surface area contributed by atoms with Gasteiger partial charge in [0.1, 0.15) is 5.82 Å². The number of aryl methyl sites for hydroxylation is 1. The summed E-state index contributed by atoms with van der Waals surface area (Å²) in [7, 11) is 0. The van der Waals surface area contributed by atoms with E-state index in [1.807, 2.05) is 37.3 Å². The normalized spacial score (nSPS) is 16.9. The molecule has 2 N–H and O–H groups in total. The van der Waals surface area contributed by atoms with Gasteiger partial charge >= 0.3 is 6.18 Å². The first-order chi connectivity index (χ1) is 20.0. The van der Waals surface area contributed by atoms with Gasteiger partial charge in [-0.05, 0) is 71.0 Å². The van der Waals surface area contributed by atoms with Crippen molar-refractivity contribution in [2.45, 2.75) is 44.5 Å². The molecule has 2 unspecified atom stereocenters. The zero-order chi connectivity index (χ0) is 30.0. The number of nitrogens with zero attached hydrogens (tertiary/aromatic N) is 2. The highest BCUT2D eigenvalue weighted by Gasteiger charge is 2.51. The number of anilines is 1. The second kappa shape index (κ2) is 11.8. The summed E-state index contributed by atoms with van der Waals surface area (Å²) in [6.45, 7) is 5.30. The Hall–Kier alpha value is -4.43. The Kier molecular flexibility index (Phi) is 8.18. The van der Waals surface area contributed by atoms with Crippen LogP contribution in [0.3, 0.4) is 0 Å². The Morgan fingerprint density at radius 3 is 2.24 bits per heavy atom. The van der Waals surface area contributed by atoms with Crippen LogP contribution in [0.15, 0.2) is 108 Å². The summed E-state index contributed by atoms with van der Waals surface area (Å²) >= 11 is 0. The van der Waals surface area contributed by atoms with Crippen molar-refractivity contribution in [3.8, 4) is 11.1 Å². The number of aliphatic hydroxyl groups is 2. The summed E-state index contributed by atoms with van der Waals surface area (Å²) in [5, 5.41) is 24.8. The van der Waals surface area contributed by atoms with E-state index in [1.165, 1.54) is 11.1 Å². The van der Waals surface area contributed by atoms with Gasteiger partial charge in [0.25, 0.3) is 0 Å². The lowest BCUT2D eigenvalue weighted by Gasteiger charge is -2.28. The van der Waals surface area contributed by atoms with Gasteiger partial charge in [-0.25, -0.2) is 4.39 Å². The Bertz CT molecular complexity index is 1620. The first-order valence-electron chi connectivity index (χ1n) is 13.5. The predicted octanol–water partition coefficient (Wildman–Crippen LogP) is 8.24. The Labute approximate surface area is 241 Å². The lowest BCUT2D eigenvalue weighted by atomic mass is 9.85. The van der Waals surface area contributed by atoms with Gasteiger partial charge in [-0.3, -0.25) is 5.01 Å². The van der Waals surface area contributed by atoms with E-state index in [0.717, 1.165) is 16.7 Å². The maximum absolute atomic E-state index is 14.5. The van der Waals surface area contributed by atoms with Crippen molar-refractivity contribution in [2.75, 3.05) is 5.01 Å². The van der Waals surface area contributed by atoms with Crippen molar-refractivity contribution in [2.24, 2.45) is 5.10 Å². The minimum absolute atomic E-state index is 0.0856. The molecule has 5 rings (SSSR count). The quantitative estimate of drug-likeness (QED) is 0.165. The molecule has 4 aromatic rings. The molecular weight excluding hydrogens is 544 g/mol. The van der Waals surface area contributed by atoms with Crippen LogP contribution >= 0.6 is 0 Å². The fraction of sp³-hybridized carbons (Fsp3) is 0.206. The minimum atomic E-state index is -4.66. The fourth-order valence-corrected chi connectivity index (χ4v) is 5.48. The second-order valence-electron chi connectivity index (χ2n) is 10.5. The van der Waals surface area contributed by atoms with Gasteiger partial charge in [0.05, 0.1) is 30.0 Å². The summed E-state index contributed by atoms with van der Waals surface area (Å²) in [5.41, 5.74) is 4.66. The van der Waals surface area contributed by atoms with Crippen LogP contribution in [0, 0.1) is 12.7 Å². The van der Waals surface area contributed by atoms with E-state index in [-0.39, 0.29) is 24.6 Å². The number of alkyl halides is 3. The van der Waals surface area contributed by atoms with E-state index >= 15 is 0 Å². The van der Waals surface area contributed by atoms with E-state index in [4.69, 9.17) is 0 Å². The Morgan fingerprint density at radius 2 is 1.62 bits per heavy atom. The molecular formula is C34H30F4N2O2. The number of halogens is 4. The maximum Gasteiger partial charge on any atom is 0.431 e. The molecule has 4 nitrogen and oxygen atoms in total. The topological polar surface area (TPSA) is 56.1 Å². The third-order valence-electron chi connectivity index (χ3n) is 7.57. The fourth-order valence-electron chi connectivity index (χ4n) is 5.48. The molecule has 1 heterocycles. The average molecular weight is 575 g/mol. The minimum Gasteiger partial charge on any atom is -0.513 e. The van der Waals surface area contributed by atoms with Gasteiger partial charge in [-0.1, -0.05) is 73.3 Å². The molecule has 0 fully saturated rings. The molecule has 2 atom stereocenters. The summed E-state index contributed by atoms with van der Waals surface area (Å²) in [4.78, 5) is 0. The first-order valence-corrected chi connectivity index (χ1v) is 13.5. The first kappa shape index (κ1) is 29.1. The molecule has 42 heavy (non-hydrogen) atoms. The van der Waals surface area contributed by atoms with Gasteiger partial charge in [-0.2, -0.15) is 18.3 Å². The van der Waals surface area contributed by atoms with Gasteiger partial charge in [-0.15, -0.1) is 0 Å². The van der Waals surface area contributed by atoms with E-state index in [9.17, 15) is 27.8 Å². The van der Waals surface area contributed by atoms with Crippen LogP contribution in [0.25, 0.3) is 11.1 Å². The summed E-state index contributed by atoms with van der Waals surface area (Å²) in [6.07, 6.45) is -4.18. The summed E-state index contributed by atoms with van der Waals surface area (Å²) in [5.74, 6) is -1.69. The van der Waals surface area contributed by atoms with Crippen LogP contribution < -0.4 is 5.01 Å². The van der Waals surface area contributed by atoms with Crippen molar-refractivity contribution in [3.63, 3.8) is 0 Å². The number of aliphatic hydroxyl groups excluding tert-OH is 2. The molecule has 0 saturated heterocycles. The molecule has 216 valence electrons. The van der Waals surface area contributed by atoms with Crippen LogP contribution in [0.1, 0.15) is 40.2 Å². The van der Waals surface area contributed by atoms with E-state index < -0.39 is 23.8 Å². The van der Waals surface area contributed by atoms with Crippen molar-refractivity contribution >= 4 is 11.4 Å². The standard InChI is InChI=1S/C34H30F4N2O2/c1-21-16-27(29-19-24(20-41)10-15-30(29)35)12-11-26(21)18-23-8-13-28(14-9-23)40-31(17-22(2)42)32(25-6-4-3-5-7-25)33(39-40)34(36,37)38/h3-16,19,31-32,41-42H,2,17-18,20H2,1H3. The molecule has 8 heteroatoms. The number of hydrogen-bond acceptors (Lipinski definition) is 4. The number of hydrazone groups is 1. The maximum atomic E-state index is 14.5. The molecule has 0 amide bonds. The Balaban J connectivity index is 1.41. The monoisotopic (exact) mass is 574 g/mol. The highest BCUT2D eigenvalue weighted by molar-refractivity contribution is 5.99. The number of benzene rings is 4. The molecule has 0 bridgehead atoms. The predicted molar refractivity (Wildman–Crippen MR) is 157 cm³/mol. The van der Waals surface area contributed by atoms with Crippen LogP contribution in [0.4, 0.5) is 23.2 Å². The molecule has 0 spiro atoms. The van der Waals surface area contributed by atoms with Crippen LogP contribution in [0.2, 0.25) is 0 Å². The van der Waals surface area contributed by atoms with Gasteiger partial charge in [0.15, 0.2) is 5.71 Å². The van der Waals surface area contributed by atoms with Crippen LogP contribution in [0.5, 0.6) is 0 Å². The molecule has 0 saturated carbocycles. The van der Waals surface area contributed by atoms with Crippen molar-refractivity contribution < 1.29 is 27.8 Å². The zero-order valence-corrected chi connectivity index (χ0v) is 22.9. The van der Waals surface area contributed by atoms with Crippen molar-refractivity contribution in [3.05, 3.63) is 137 Å². The molecule has 1 aliphatic heterocycles. The zero-order valence-electron chi connectivity index (χ0n) is 22.9. The molecule has 0 radical (unpaired) electrons. The largest absolute Gasteiger partial charge is 0.513 e. The molecule has 0 aromatic heterocycles. The highest BCUT2D eigenvalue weighted by atomic mass is 19.4. The second-order valence-corrected chi connectivity index (χ2v) is 10.5. The lowest BCUT2D eigenvalue weighted by Crippen LogP contribution is -2.35. The molecule has 4 aromatic carbocycles. The summed E-state index contributed by atoms with van der Waals surface area (Å²) in [6, 6.07) is 24.9. The number of hydrogen-bond donors (Lipinski definition) is 2. The lowest BCUT2D eigenvalue weighted by molar-refractivity contribution is -0.0609. The third-order valence-corrected chi connectivity index (χ3v) is 7.57. The third kappa shape index (κ3) is 6.09. The SMILES string of the molecule is C=C(O)CC1C(c2ccccc2)C(C(F)(F)F)=NN1c1ccc(Cc2ccc(-c3cc(CO)ccc3F)cc2C)cc1. The van der Waals surface area contributed by atoms with Crippen molar-refractivity contribution in [1.29, 1.82) is 0 Å². The van der Waals surface area contributed by atoms with E-state index in [1.54, 1.807) is 54.6 Å².